The molecule has 6 nitrogen and oxygen atoms in total. The summed E-state index contributed by atoms with van der Waals surface area (Å²) in [7, 11) is 3.17. The van der Waals surface area contributed by atoms with E-state index in [1.165, 1.54) is 0 Å². The van der Waals surface area contributed by atoms with Gasteiger partial charge in [0.15, 0.2) is 11.5 Å². The minimum absolute atomic E-state index is 0.424. The fourth-order valence-electron chi connectivity index (χ4n) is 3.01. The van der Waals surface area contributed by atoms with Crippen LogP contribution in [0.1, 0.15) is 31.7 Å². The van der Waals surface area contributed by atoms with Gasteiger partial charge in [0.25, 0.3) is 0 Å². The highest BCUT2D eigenvalue weighted by Gasteiger charge is 2.28. The van der Waals surface area contributed by atoms with E-state index in [9.17, 15) is 9.90 Å². The van der Waals surface area contributed by atoms with Gasteiger partial charge in [0, 0.05) is 6.54 Å². The summed E-state index contributed by atoms with van der Waals surface area (Å²) in [5.74, 6) is 1.03. The number of carbonyl (C=O) groups is 1. The number of piperidine rings is 1. The molecule has 0 bridgehead atoms. The molecular formula is C17H25NO5. The molecule has 1 fully saturated rings. The molecule has 1 atom stereocenters. The standard InChI is InChI=1S/C17H25NO5/c1-4-23-16-14(21-2)9-12(10-15(16)22-3)11-18-8-6-5-7-13(18)17(19)20/h9-10,13H,4-8,11H2,1-3H3,(H,19,20). The molecule has 0 spiro atoms. The summed E-state index contributed by atoms with van der Waals surface area (Å²) < 4.78 is 16.4. The van der Waals surface area contributed by atoms with Crippen molar-refractivity contribution in [2.45, 2.75) is 38.8 Å². The number of rotatable bonds is 7. The van der Waals surface area contributed by atoms with E-state index in [-0.39, 0.29) is 0 Å². The molecule has 1 heterocycles. The number of hydrogen-bond donors (Lipinski definition) is 1. The Hall–Kier alpha value is -1.95. The van der Waals surface area contributed by atoms with Crippen LogP contribution in [0.15, 0.2) is 12.1 Å². The summed E-state index contributed by atoms with van der Waals surface area (Å²) >= 11 is 0. The van der Waals surface area contributed by atoms with Crippen LogP contribution < -0.4 is 14.2 Å². The summed E-state index contributed by atoms with van der Waals surface area (Å²) in [6.07, 6.45) is 2.68. The van der Waals surface area contributed by atoms with Gasteiger partial charge >= 0.3 is 5.97 Å². The topological polar surface area (TPSA) is 68.2 Å². The molecule has 23 heavy (non-hydrogen) atoms. The summed E-state index contributed by atoms with van der Waals surface area (Å²) in [4.78, 5) is 13.4. The van der Waals surface area contributed by atoms with Gasteiger partial charge in [-0.15, -0.1) is 0 Å². The predicted octanol–water partition coefficient (Wildman–Crippen LogP) is 2.54. The molecule has 1 aliphatic rings. The van der Waals surface area contributed by atoms with Gasteiger partial charge < -0.3 is 19.3 Å². The van der Waals surface area contributed by atoms with E-state index >= 15 is 0 Å². The maximum absolute atomic E-state index is 11.4. The molecule has 0 radical (unpaired) electrons. The number of benzene rings is 1. The van der Waals surface area contributed by atoms with Gasteiger partial charge in [0.2, 0.25) is 5.75 Å². The highest BCUT2D eigenvalue weighted by molar-refractivity contribution is 5.73. The fraction of sp³-hybridized carbons (Fsp3) is 0.588. The molecule has 0 aliphatic carbocycles. The molecule has 1 saturated heterocycles. The lowest BCUT2D eigenvalue weighted by molar-refractivity contribution is -0.144. The third-order valence-electron chi connectivity index (χ3n) is 4.09. The molecule has 1 aromatic carbocycles. The monoisotopic (exact) mass is 323 g/mol. The molecule has 0 aromatic heterocycles. The lowest BCUT2D eigenvalue weighted by Crippen LogP contribution is -2.44. The van der Waals surface area contributed by atoms with Gasteiger partial charge in [-0.2, -0.15) is 0 Å². The van der Waals surface area contributed by atoms with Gasteiger partial charge in [-0.3, -0.25) is 9.69 Å². The first-order valence-corrected chi connectivity index (χ1v) is 7.95. The van der Waals surface area contributed by atoms with Crippen LogP contribution in [-0.4, -0.2) is 49.4 Å². The molecule has 6 heteroatoms. The van der Waals surface area contributed by atoms with E-state index in [1.54, 1.807) is 14.2 Å². The Morgan fingerprint density at radius 1 is 1.26 bits per heavy atom. The van der Waals surface area contributed by atoms with Crippen LogP contribution in [0.5, 0.6) is 17.2 Å². The minimum atomic E-state index is -0.755. The Morgan fingerprint density at radius 2 is 1.91 bits per heavy atom. The van der Waals surface area contributed by atoms with E-state index in [0.29, 0.717) is 36.8 Å². The van der Waals surface area contributed by atoms with E-state index in [1.807, 2.05) is 24.0 Å². The SMILES string of the molecule is CCOc1c(OC)cc(CN2CCCCC2C(=O)O)cc1OC. The van der Waals surface area contributed by atoms with Crippen molar-refractivity contribution < 1.29 is 24.1 Å². The lowest BCUT2D eigenvalue weighted by atomic mass is 10.0. The van der Waals surface area contributed by atoms with Crippen molar-refractivity contribution in [3.63, 3.8) is 0 Å². The van der Waals surface area contributed by atoms with E-state index in [2.05, 4.69) is 0 Å². The average molecular weight is 323 g/mol. The number of aliphatic carboxylic acids is 1. The molecule has 1 unspecified atom stereocenters. The fourth-order valence-corrected chi connectivity index (χ4v) is 3.01. The van der Waals surface area contributed by atoms with Crippen molar-refractivity contribution in [1.82, 2.24) is 4.90 Å². The third-order valence-corrected chi connectivity index (χ3v) is 4.09. The van der Waals surface area contributed by atoms with Crippen molar-refractivity contribution in [2.24, 2.45) is 0 Å². The predicted molar refractivity (Wildman–Crippen MR) is 86.4 cm³/mol. The first kappa shape index (κ1) is 17.4. The Morgan fingerprint density at radius 3 is 2.43 bits per heavy atom. The Kier molecular flexibility index (Phi) is 6.10. The van der Waals surface area contributed by atoms with Crippen molar-refractivity contribution in [3.8, 4) is 17.2 Å². The summed E-state index contributed by atoms with van der Waals surface area (Å²) in [5, 5.41) is 9.39. The third kappa shape index (κ3) is 4.07. The van der Waals surface area contributed by atoms with Crippen molar-refractivity contribution in [1.29, 1.82) is 0 Å². The molecule has 1 aromatic rings. The van der Waals surface area contributed by atoms with Crippen LogP contribution in [0.4, 0.5) is 0 Å². The Labute approximate surface area is 136 Å². The van der Waals surface area contributed by atoms with Crippen molar-refractivity contribution >= 4 is 5.97 Å². The molecule has 1 aliphatic heterocycles. The zero-order valence-electron chi connectivity index (χ0n) is 14.0. The van der Waals surface area contributed by atoms with Crippen molar-refractivity contribution in [2.75, 3.05) is 27.4 Å². The summed E-state index contributed by atoms with van der Waals surface area (Å²) in [5.41, 5.74) is 0.954. The zero-order chi connectivity index (χ0) is 16.8. The van der Waals surface area contributed by atoms with Crippen LogP contribution in [0.2, 0.25) is 0 Å². The van der Waals surface area contributed by atoms with E-state index in [4.69, 9.17) is 14.2 Å². The van der Waals surface area contributed by atoms with E-state index < -0.39 is 12.0 Å². The molecule has 0 saturated carbocycles. The van der Waals surface area contributed by atoms with Crippen molar-refractivity contribution in [3.05, 3.63) is 17.7 Å². The second-order valence-electron chi connectivity index (χ2n) is 5.58. The van der Waals surface area contributed by atoms with Gasteiger partial charge in [0.05, 0.1) is 20.8 Å². The van der Waals surface area contributed by atoms with Gasteiger partial charge in [0.1, 0.15) is 6.04 Å². The second-order valence-corrected chi connectivity index (χ2v) is 5.58. The largest absolute Gasteiger partial charge is 0.493 e. The zero-order valence-corrected chi connectivity index (χ0v) is 14.0. The molecule has 0 amide bonds. The summed E-state index contributed by atoms with van der Waals surface area (Å²) in [6, 6.07) is 3.36. The molecule has 2 rings (SSSR count). The number of hydrogen-bond acceptors (Lipinski definition) is 5. The number of ether oxygens (including phenoxy) is 3. The van der Waals surface area contributed by atoms with Crippen LogP contribution >= 0.6 is 0 Å². The van der Waals surface area contributed by atoms with Crippen LogP contribution in [0.3, 0.4) is 0 Å². The number of likely N-dealkylation sites (tertiary alicyclic amines) is 1. The Bertz CT molecular complexity index is 521. The maximum Gasteiger partial charge on any atom is 0.320 e. The smallest absolute Gasteiger partial charge is 0.320 e. The molecule has 1 N–H and O–H groups in total. The molecular weight excluding hydrogens is 298 g/mol. The number of carboxylic acid groups (broad SMARTS) is 1. The lowest BCUT2D eigenvalue weighted by Gasteiger charge is -2.33. The number of nitrogens with zero attached hydrogens (tertiary/aromatic N) is 1. The van der Waals surface area contributed by atoms with Gasteiger partial charge in [-0.05, 0) is 44.0 Å². The van der Waals surface area contributed by atoms with Crippen LogP contribution in [0.25, 0.3) is 0 Å². The normalized spacial score (nSPS) is 18.5. The van der Waals surface area contributed by atoms with E-state index in [0.717, 1.165) is 24.9 Å². The number of carboxylic acids is 1. The van der Waals surface area contributed by atoms with Crippen LogP contribution in [0, 0.1) is 0 Å². The minimum Gasteiger partial charge on any atom is -0.493 e. The Balaban J connectivity index is 2.26. The second kappa shape index (κ2) is 8.06. The van der Waals surface area contributed by atoms with Crippen LogP contribution in [-0.2, 0) is 11.3 Å². The summed E-state index contributed by atoms with van der Waals surface area (Å²) in [6.45, 7) is 3.75. The maximum atomic E-state index is 11.4. The first-order valence-electron chi connectivity index (χ1n) is 7.95. The highest BCUT2D eigenvalue weighted by atomic mass is 16.5. The quantitative estimate of drug-likeness (QED) is 0.832. The molecule has 128 valence electrons. The first-order chi connectivity index (χ1) is 11.1. The average Bonchev–Trinajstić information content (AvgIpc) is 2.56. The van der Waals surface area contributed by atoms with Gasteiger partial charge in [-0.1, -0.05) is 6.42 Å². The van der Waals surface area contributed by atoms with Gasteiger partial charge in [-0.25, -0.2) is 0 Å². The highest BCUT2D eigenvalue weighted by Crippen LogP contribution is 2.39. The number of methoxy groups -OCH3 is 2.